The SMILES string of the molecule is [2H]c1c([2H])c(-n2c3ccccc3c3cc([N+]#[C-])ccc32)c(-c2nc(-n3c4ccccc4c4c([2H])c([2H])c([2H])c([2H])c43)nc(-n3c4ccccc4c4c([2H])c([2H])c([2H])c([2H])c43)n2)c(-n2c3ccccc3c3ccc4oc5ccccc5c4c32)c1[2H]. The molecule has 73 heavy (non-hydrogen) atoms. The molecule has 9 nitrogen and oxygen atoms in total. The van der Waals surface area contributed by atoms with Gasteiger partial charge in [0.15, 0.2) is 11.5 Å². The van der Waals surface area contributed by atoms with Gasteiger partial charge in [-0.3, -0.25) is 9.13 Å². The van der Waals surface area contributed by atoms with E-state index in [1.165, 1.54) is 9.13 Å². The van der Waals surface area contributed by atoms with Gasteiger partial charge in [0.05, 0.1) is 88.1 Å². The summed E-state index contributed by atoms with van der Waals surface area (Å²) in [6.07, 6.45) is 0. The second-order valence-corrected chi connectivity index (χ2v) is 17.8. The van der Waals surface area contributed by atoms with Crippen LogP contribution < -0.4 is 0 Å². The van der Waals surface area contributed by atoms with Crippen LogP contribution in [0.1, 0.15) is 15.1 Å². The van der Waals surface area contributed by atoms with Crippen LogP contribution in [-0.4, -0.2) is 33.2 Å². The third-order valence-corrected chi connectivity index (χ3v) is 14.1. The van der Waals surface area contributed by atoms with Gasteiger partial charge in [0, 0.05) is 43.1 Å². The molecule has 0 saturated carbocycles. The van der Waals surface area contributed by atoms with Gasteiger partial charge in [-0.2, -0.15) is 15.0 Å². The summed E-state index contributed by atoms with van der Waals surface area (Å²) in [7, 11) is 0. The molecule has 16 aromatic rings. The normalized spacial score (nSPS) is 14.2. The van der Waals surface area contributed by atoms with Crippen LogP contribution in [0.5, 0.6) is 0 Å². The molecule has 0 spiro atoms. The number of hydrogen-bond acceptors (Lipinski definition) is 4. The average Bonchev–Trinajstić information content (AvgIpc) is 1.58. The smallest absolute Gasteiger partial charge is 0.240 e. The predicted molar refractivity (Wildman–Crippen MR) is 296 cm³/mol. The fourth-order valence-electron chi connectivity index (χ4n) is 11.1. The summed E-state index contributed by atoms with van der Waals surface area (Å²) in [4.78, 5) is 19.9. The van der Waals surface area contributed by atoms with Crippen molar-refractivity contribution in [3.05, 3.63) is 230 Å². The Hall–Kier alpha value is -10.3. The number of aromatic nitrogens is 7. The maximum Gasteiger partial charge on any atom is 0.240 e. The third-order valence-electron chi connectivity index (χ3n) is 14.1. The minimum atomic E-state index is -0.519. The lowest BCUT2D eigenvalue weighted by Crippen LogP contribution is -2.12. The van der Waals surface area contributed by atoms with Crippen LogP contribution in [0.3, 0.4) is 0 Å². The fraction of sp³-hybridized carbons (Fsp3) is 0. The molecule has 0 aliphatic carbocycles. The van der Waals surface area contributed by atoms with E-state index in [0.29, 0.717) is 76.9 Å². The molecule has 338 valence electrons. The molecule has 0 aliphatic rings. The number of para-hydroxylation sites is 7. The van der Waals surface area contributed by atoms with Crippen molar-refractivity contribution < 1.29 is 19.5 Å². The highest BCUT2D eigenvalue weighted by Gasteiger charge is 2.28. The van der Waals surface area contributed by atoms with Gasteiger partial charge in [-0.15, -0.1) is 0 Å². The summed E-state index contributed by atoms with van der Waals surface area (Å²) in [6.45, 7) is 8.04. The van der Waals surface area contributed by atoms with E-state index in [4.69, 9.17) is 31.4 Å². The number of rotatable bonds is 5. The van der Waals surface area contributed by atoms with Gasteiger partial charge in [0.1, 0.15) is 11.2 Å². The Kier molecular flexibility index (Phi) is 6.17. The largest absolute Gasteiger partial charge is 0.456 e. The van der Waals surface area contributed by atoms with Crippen LogP contribution in [0.4, 0.5) is 5.69 Å². The highest BCUT2D eigenvalue weighted by Crippen LogP contribution is 2.46. The van der Waals surface area contributed by atoms with Crippen molar-refractivity contribution in [1.82, 2.24) is 33.2 Å². The molecule has 0 aliphatic heterocycles. The number of hydrogen-bond donors (Lipinski definition) is 0. The second-order valence-electron chi connectivity index (χ2n) is 17.8. The first kappa shape index (κ1) is 30.3. The molecule has 16 rings (SSSR count). The van der Waals surface area contributed by atoms with Crippen LogP contribution in [-0.2, 0) is 0 Å². The minimum Gasteiger partial charge on any atom is -0.456 e. The molecule has 0 amide bonds. The van der Waals surface area contributed by atoms with Crippen LogP contribution in [0.25, 0.3) is 149 Å². The van der Waals surface area contributed by atoms with E-state index in [1.54, 1.807) is 66.7 Å². The van der Waals surface area contributed by atoms with E-state index in [2.05, 4.69) is 4.85 Å². The standard InChI is InChI=1S/C64H36N8O/c1-65-38-33-35-54-47(37-38)44-22-7-9-24-48(44)69(54)55-30-16-31-56(70-49-25-10-6-21-43(49)45-34-36-58-59(61(45)70)46-23-8-15-32-57(46)73-58)60(55)62-66-63(71-50-26-11-2-17-39(50)40-18-3-12-27-51(40)71)68-64(67-62)72-52-28-13-4-19-41(52)42-20-5-14-29-53(42)72/h2-37H/i2D,4D,11D,13D,16D,17D,19D,26D,28D,30D,31D. The Balaban J connectivity index is 1.18. The van der Waals surface area contributed by atoms with Gasteiger partial charge in [-0.25, -0.2) is 4.85 Å². The average molecular weight is 944 g/mol. The number of fused-ring (bicyclic) bond motifs is 16. The molecule has 0 unspecified atom stereocenters. The topological polar surface area (TPSA) is 75.9 Å². The lowest BCUT2D eigenvalue weighted by molar-refractivity contribution is 0.669. The van der Waals surface area contributed by atoms with E-state index in [0.717, 1.165) is 16.2 Å². The van der Waals surface area contributed by atoms with Crippen molar-refractivity contribution in [2.45, 2.75) is 0 Å². The van der Waals surface area contributed by atoms with Crippen LogP contribution >= 0.6 is 0 Å². The van der Waals surface area contributed by atoms with Gasteiger partial charge in [-0.05, 0) is 84.2 Å². The summed E-state index contributed by atoms with van der Waals surface area (Å²) in [5, 5.41) is 5.66. The molecule has 0 fully saturated rings. The molecule has 0 radical (unpaired) electrons. The Bertz CT molecular complexity index is 5600. The van der Waals surface area contributed by atoms with Gasteiger partial charge >= 0.3 is 0 Å². The molecular weight excluding hydrogens is 897 g/mol. The Morgan fingerprint density at radius 3 is 1.53 bits per heavy atom. The third kappa shape index (κ3) is 5.46. The summed E-state index contributed by atoms with van der Waals surface area (Å²) in [6, 6.07) is 41.3. The van der Waals surface area contributed by atoms with Gasteiger partial charge in [0.25, 0.3) is 0 Å². The predicted octanol–water partition coefficient (Wildman–Crippen LogP) is 16.4. The fourth-order valence-corrected chi connectivity index (χ4v) is 11.1. The van der Waals surface area contributed by atoms with Gasteiger partial charge in [-0.1, -0.05) is 139 Å². The summed E-state index contributed by atoms with van der Waals surface area (Å²) in [5.74, 6) is -0.589. The molecule has 0 atom stereocenters. The number of benzene rings is 10. The van der Waals surface area contributed by atoms with Gasteiger partial charge < -0.3 is 13.6 Å². The summed E-state index contributed by atoms with van der Waals surface area (Å²) in [5.41, 5.74) is 4.80. The van der Waals surface area contributed by atoms with E-state index in [9.17, 15) is 9.60 Å². The van der Waals surface area contributed by atoms with Crippen molar-refractivity contribution in [1.29, 1.82) is 0 Å². The first-order chi connectivity index (χ1) is 40.8. The van der Waals surface area contributed by atoms with Gasteiger partial charge in [0.2, 0.25) is 11.9 Å². The maximum absolute atomic E-state index is 10.5. The van der Waals surface area contributed by atoms with Crippen molar-refractivity contribution in [3.63, 3.8) is 0 Å². The number of nitrogens with zero attached hydrogens (tertiary/aromatic N) is 8. The zero-order chi connectivity index (χ0) is 57.5. The zero-order valence-electron chi connectivity index (χ0n) is 48.9. The van der Waals surface area contributed by atoms with Crippen molar-refractivity contribution in [2.24, 2.45) is 0 Å². The Morgan fingerprint density at radius 2 is 0.904 bits per heavy atom. The summed E-state index contributed by atoms with van der Waals surface area (Å²) >= 11 is 0. The maximum atomic E-state index is 10.5. The quantitative estimate of drug-likeness (QED) is 0.161. The Morgan fingerprint density at radius 1 is 0.397 bits per heavy atom. The van der Waals surface area contributed by atoms with E-state index >= 15 is 0 Å². The van der Waals surface area contributed by atoms with Crippen molar-refractivity contribution in [2.75, 3.05) is 0 Å². The lowest BCUT2D eigenvalue weighted by Gasteiger charge is -2.20. The molecule has 9 heteroatoms. The second kappa shape index (κ2) is 14.9. The first-order valence-corrected chi connectivity index (χ1v) is 23.4. The lowest BCUT2D eigenvalue weighted by atomic mass is 10.1. The summed E-state index contributed by atoms with van der Waals surface area (Å²) < 4.78 is 118. The molecule has 0 N–H and O–H groups in total. The highest BCUT2D eigenvalue weighted by molar-refractivity contribution is 6.25. The van der Waals surface area contributed by atoms with Crippen LogP contribution in [0.15, 0.2) is 223 Å². The van der Waals surface area contributed by atoms with E-state index in [1.807, 2.05) is 94.1 Å². The molecular formula is C64H36N8O. The first-order valence-electron chi connectivity index (χ1n) is 28.9. The molecule has 0 saturated heterocycles. The highest BCUT2D eigenvalue weighted by atomic mass is 16.3. The molecule has 10 aromatic carbocycles. The monoisotopic (exact) mass is 943 g/mol. The zero-order valence-corrected chi connectivity index (χ0v) is 37.9. The Labute approximate surface area is 430 Å². The number of furan rings is 1. The van der Waals surface area contributed by atoms with E-state index < -0.39 is 48.3 Å². The molecule has 0 bridgehead atoms. The van der Waals surface area contributed by atoms with Crippen molar-refractivity contribution >= 4 is 115 Å². The molecule has 6 aromatic heterocycles. The minimum absolute atomic E-state index is 0.0217. The molecule has 6 heterocycles. The van der Waals surface area contributed by atoms with E-state index in [-0.39, 0.29) is 74.6 Å². The van der Waals surface area contributed by atoms with Crippen molar-refractivity contribution in [3.8, 4) is 34.7 Å². The van der Waals surface area contributed by atoms with Crippen LogP contribution in [0, 0.1) is 6.57 Å². The van der Waals surface area contributed by atoms with Crippen LogP contribution in [0.2, 0.25) is 0 Å².